The molecule has 0 spiro atoms. The van der Waals surface area contributed by atoms with Gasteiger partial charge in [0.05, 0.1) is 17.0 Å². The van der Waals surface area contributed by atoms with Gasteiger partial charge in [-0.2, -0.15) is 10.2 Å². The van der Waals surface area contributed by atoms with E-state index in [1.165, 1.54) is 16.9 Å². The lowest BCUT2D eigenvalue weighted by Crippen LogP contribution is -2.30. The van der Waals surface area contributed by atoms with Crippen molar-refractivity contribution in [2.45, 2.75) is 48.3 Å². The molecular formula is C22H26FN5O4S. The van der Waals surface area contributed by atoms with Crippen LogP contribution in [-0.4, -0.2) is 52.3 Å². The van der Waals surface area contributed by atoms with Gasteiger partial charge in [0.25, 0.3) is 0 Å². The van der Waals surface area contributed by atoms with Crippen LogP contribution in [0, 0.1) is 11.7 Å². The minimum Gasteiger partial charge on any atom is -0.381 e. The minimum absolute atomic E-state index is 0.213. The largest absolute Gasteiger partial charge is 0.381 e. The van der Waals surface area contributed by atoms with E-state index in [0.29, 0.717) is 43.8 Å². The minimum atomic E-state index is -3.79. The number of carbonyl (C=O) groups excluding carboxylic acids is 1. The standard InChI is InChI=1S/C22H26FN5O4S/c1-27-9-6-20(26-27)25-22(29)19(12-14-7-10-32-11-8-14)28-18-5-4-17(23)21(16(18)13-24-28)33(30,31)15-2-3-15/h4-6,9,13-15,19H,2-3,7-8,10-12H2,1H3,(H,25,26,29). The monoisotopic (exact) mass is 475 g/mol. The van der Waals surface area contributed by atoms with E-state index >= 15 is 0 Å². The van der Waals surface area contributed by atoms with Gasteiger partial charge in [0, 0.05) is 37.9 Å². The first-order chi connectivity index (χ1) is 15.8. The summed E-state index contributed by atoms with van der Waals surface area (Å²) in [6, 6.07) is 3.63. The molecule has 0 radical (unpaired) electrons. The molecule has 9 nitrogen and oxygen atoms in total. The van der Waals surface area contributed by atoms with Crippen molar-refractivity contribution >= 4 is 32.5 Å². The molecule has 1 N–H and O–H groups in total. The number of amides is 1. The van der Waals surface area contributed by atoms with Crippen LogP contribution in [0.4, 0.5) is 10.2 Å². The highest BCUT2D eigenvalue weighted by atomic mass is 32.2. The number of nitrogens with one attached hydrogen (secondary N) is 1. The topological polar surface area (TPSA) is 108 Å². The number of benzene rings is 1. The Hall–Kier alpha value is -2.79. The van der Waals surface area contributed by atoms with Crippen LogP contribution in [0.25, 0.3) is 10.9 Å². The Morgan fingerprint density at radius 3 is 2.67 bits per heavy atom. The smallest absolute Gasteiger partial charge is 0.250 e. The molecule has 1 saturated heterocycles. The lowest BCUT2D eigenvalue weighted by molar-refractivity contribution is -0.120. The number of aromatic nitrogens is 4. The summed E-state index contributed by atoms with van der Waals surface area (Å²) in [4.78, 5) is 13.0. The number of hydrogen-bond donors (Lipinski definition) is 1. The van der Waals surface area contributed by atoms with Crippen LogP contribution in [0.1, 0.15) is 38.1 Å². The number of halogens is 1. The van der Waals surface area contributed by atoms with E-state index in [9.17, 15) is 17.6 Å². The normalized spacial score (nSPS) is 18.5. The maximum absolute atomic E-state index is 14.7. The molecule has 1 aromatic carbocycles. The van der Waals surface area contributed by atoms with Gasteiger partial charge >= 0.3 is 0 Å². The van der Waals surface area contributed by atoms with Crippen molar-refractivity contribution in [3.63, 3.8) is 0 Å². The van der Waals surface area contributed by atoms with Gasteiger partial charge in [0.1, 0.15) is 16.8 Å². The molecule has 0 bridgehead atoms. The molecule has 2 aromatic heterocycles. The van der Waals surface area contributed by atoms with Gasteiger partial charge in [-0.15, -0.1) is 0 Å². The van der Waals surface area contributed by atoms with Crippen LogP contribution in [0.15, 0.2) is 35.5 Å². The molecule has 1 saturated carbocycles. The Bertz CT molecular complexity index is 1290. The zero-order chi connectivity index (χ0) is 23.2. The summed E-state index contributed by atoms with van der Waals surface area (Å²) in [5, 5.41) is 11.1. The second kappa shape index (κ2) is 8.53. The molecule has 3 heterocycles. The van der Waals surface area contributed by atoms with Crippen LogP contribution in [0.3, 0.4) is 0 Å². The van der Waals surface area contributed by atoms with Crippen molar-refractivity contribution < 1.29 is 22.3 Å². The zero-order valence-electron chi connectivity index (χ0n) is 18.3. The number of nitrogens with zero attached hydrogens (tertiary/aromatic N) is 4. The highest BCUT2D eigenvalue weighted by Crippen LogP contribution is 2.39. The van der Waals surface area contributed by atoms with E-state index < -0.39 is 26.9 Å². The SMILES string of the molecule is Cn1ccc(NC(=O)C(CC2CCOCC2)n2ncc3c(S(=O)(=O)C4CC4)c(F)ccc32)n1. The highest BCUT2D eigenvalue weighted by Gasteiger charge is 2.40. The van der Waals surface area contributed by atoms with Crippen molar-refractivity contribution in [3.05, 3.63) is 36.4 Å². The van der Waals surface area contributed by atoms with E-state index in [1.54, 1.807) is 24.0 Å². The lowest BCUT2D eigenvalue weighted by Gasteiger charge is -2.26. The average molecular weight is 476 g/mol. The first-order valence-electron chi connectivity index (χ1n) is 11.1. The van der Waals surface area contributed by atoms with Gasteiger partial charge in [-0.1, -0.05) is 0 Å². The molecule has 176 valence electrons. The lowest BCUT2D eigenvalue weighted by atomic mass is 9.92. The molecule has 3 aromatic rings. The Kier molecular flexibility index (Phi) is 5.69. The predicted molar refractivity (Wildman–Crippen MR) is 119 cm³/mol. The summed E-state index contributed by atoms with van der Waals surface area (Å²) in [6.07, 6.45) is 6.30. The van der Waals surface area contributed by atoms with Crippen LogP contribution in [0.2, 0.25) is 0 Å². The summed E-state index contributed by atoms with van der Waals surface area (Å²) >= 11 is 0. The predicted octanol–water partition coefficient (Wildman–Crippen LogP) is 2.84. The summed E-state index contributed by atoms with van der Waals surface area (Å²) in [7, 11) is -2.03. The van der Waals surface area contributed by atoms with Crippen LogP contribution in [0.5, 0.6) is 0 Å². The molecule has 2 aliphatic rings. The van der Waals surface area contributed by atoms with Crippen LogP contribution < -0.4 is 5.32 Å². The second-order valence-electron chi connectivity index (χ2n) is 8.81. The summed E-state index contributed by atoms with van der Waals surface area (Å²) in [5.74, 6) is -0.430. The third kappa shape index (κ3) is 4.26. The van der Waals surface area contributed by atoms with E-state index in [4.69, 9.17) is 4.74 Å². The Labute approximate surface area is 190 Å². The third-order valence-electron chi connectivity index (χ3n) is 6.39. The molecule has 1 amide bonds. The quantitative estimate of drug-likeness (QED) is 0.563. The number of ether oxygens (including phenoxy) is 1. The average Bonchev–Trinajstić information content (AvgIpc) is 3.47. The van der Waals surface area contributed by atoms with Gasteiger partial charge in [0.15, 0.2) is 15.7 Å². The number of rotatable bonds is 7. The molecular weight excluding hydrogens is 449 g/mol. The third-order valence-corrected chi connectivity index (χ3v) is 8.72. The Balaban J connectivity index is 1.55. The second-order valence-corrected chi connectivity index (χ2v) is 11.0. The fourth-order valence-electron chi connectivity index (χ4n) is 4.46. The van der Waals surface area contributed by atoms with Gasteiger partial charge in [-0.05, 0) is 50.2 Å². The number of aryl methyl sites for hydroxylation is 1. The van der Waals surface area contributed by atoms with E-state index in [1.807, 2.05) is 0 Å². The molecule has 1 unspecified atom stereocenters. The Morgan fingerprint density at radius 2 is 2.00 bits per heavy atom. The first kappa shape index (κ1) is 22.0. The van der Waals surface area contributed by atoms with Crippen LogP contribution in [-0.2, 0) is 26.4 Å². The van der Waals surface area contributed by atoms with Gasteiger partial charge in [-0.3, -0.25) is 14.2 Å². The van der Waals surface area contributed by atoms with Crippen molar-refractivity contribution in [2.24, 2.45) is 13.0 Å². The number of fused-ring (bicyclic) bond motifs is 1. The number of anilines is 1. The highest BCUT2D eigenvalue weighted by molar-refractivity contribution is 7.92. The molecule has 1 atom stereocenters. The van der Waals surface area contributed by atoms with E-state index in [2.05, 4.69) is 15.5 Å². The molecule has 1 aliphatic heterocycles. The molecule has 5 rings (SSSR count). The van der Waals surface area contributed by atoms with Crippen molar-refractivity contribution in [1.29, 1.82) is 0 Å². The van der Waals surface area contributed by atoms with E-state index in [-0.39, 0.29) is 22.1 Å². The van der Waals surface area contributed by atoms with Crippen molar-refractivity contribution in [3.8, 4) is 0 Å². The molecule has 33 heavy (non-hydrogen) atoms. The maximum atomic E-state index is 14.7. The number of hydrogen-bond acceptors (Lipinski definition) is 6. The van der Waals surface area contributed by atoms with Gasteiger partial charge in [0.2, 0.25) is 5.91 Å². The maximum Gasteiger partial charge on any atom is 0.250 e. The van der Waals surface area contributed by atoms with Crippen LogP contribution >= 0.6 is 0 Å². The number of sulfone groups is 1. The van der Waals surface area contributed by atoms with E-state index in [0.717, 1.165) is 18.9 Å². The number of carbonyl (C=O) groups is 1. The summed E-state index contributed by atoms with van der Waals surface area (Å²) in [5.41, 5.74) is 0.420. The van der Waals surface area contributed by atoms with Gasteiger partial charge < -0.3 is 10.1 Å². The first-order valence-corrected chi connectivity index (χ1v) is 12.7. The fourth-order valence-corrected chi connectivity index (χ4v) is 6.35. The van der Waals surface area contributed by atoms with Crippen molar-refractivity contribution in [1.82, 2.24) is 19.6 Å². The molecule has 1 aliphatic carbocycles. The molecule has 2 fully saturated rings. The fraction of sp³-hybridized carbons (Fsp3) is 0.500. The zero-order valence-corrected chi connectivity index (χ0v) is 19.1. The molecule has 11 heteroatoms. The summed E-state index contributed by atoms with van der Waals surface area (Å²) < 4.78 is 49.1. The summed E-state index contributed by atoms with van der Waals surface area (Å²) in [6.45, 7) is 1.27. The van der Waals surface area contributed by atoms with Crippen molar-refractivity contribution in [2.75, 3.05) is 18.5 Å². The Morgan fingerprint density at radius 1 is 1.24 bits per heavy atom. The van der Waals surface area contributed by atoms with Gasteiger partial charge in [-0.25, -0.2) is 12.8 Å².